The van der Waals surface area contributed by atoms with Gasteiger partial charge in [-0.05, 0) is 5.21 Å². The Bertz CT molecular complexity index is 235. The molecule has 1 aromatic rings. The van der Waals surface area contributed by atoms with Crippen molar-refractivity contribution in [1.29, 1.82) is 0 Å². The van der Waals surface area contributed by atoms with Gasteiger partial charge in [-0.2, -0.15) is 0 Å². The first-order valence-corrected chi connectivity index (χ1v) is 3.63. The fourth-order valence-electron chi connectivity index (χ4n) is 0.512. The summed E-state index contributed by atoms with van der Waals surface area (Å²) in [5, 5.41) is 9.89. The highest BCUT2D eigenvalue weighted by Crippen LogP contribution is 2.09. The lowest BCUT2D eigenvalue weighted by Crippen LogP contribution is -2.34. The van der Waals surface area contributed by atoms with E-state index in [1.807, 2.05) is 0 Å². The second-order valence-electron chi connectivity index (χ2n) is 1.76. The van der Waals surface area contributed by atoms with Crippen LogP contribution in [0.2, 0.25) is 0 Å². The molecule has 0 saturated carbocycles. The van der Waals surface area contributed by atoms with Crippen LogP contribution >= 0.6 is 11.5 Å². The van der Waals surface area contributed by atoms with Gasteiger partial charge < -0.3 is 5.32 Å². The third kappa shape index (κ3) is 1.61. The van der Waals surface area contributed by atoms with Gasteiger partial charge >= 0.3 is 6.03 Å². The summed E-state index contributed by atoms with van der Waals surface area (Å²) < 4.78 is 3.52. The van der Waals surface area contributed by atoms with Crippen LogP contribution in [0, 0.1) is 0 Å². The van der Waals surface area contributed by atoms with E-state index >= 15 is 0 Å². The summed E-state index contributed by atoms with van der Waals surface area (Å²) in [5.41, 5.74) is 0. The molecule has 1 rings (SSSR count). The van der Waals surface area contributed by atoms with Crippen molar-refractivity contribution in [2.24, 2.45) is 0 Å². The Morgan fingerprint density at radius 1 is 1.73 bits per heavy atom. The van der Waals surface area contributed by atoms with E-state index in [9.17, 15) is 4.79 Å². The molecule has 0 aliphatic rings. The number of hydrogen-bond donors (Lipinski definition) is 1. The van der Waals surface area contributed by atoms with Gasteiger partial charge in [0.25, 0.3) is 0 Å². The van der Waals surface area contributed by atoms with E-state index in [-0.39, 0.29) is 6.03 Å². The minimum Gasteiger partial charge on any atom is -0.341 e. The molecule has 0 atom stereocenters. The largest absolute Gasteiger partial charge is 0.341 e. The second kappa shape index (κ2) is 3.24. The van der Waals surface area contributed by atoms with Gasteiger partial charge in [-0.15, -0.1) is 0 Å². The fourth-order valence-corrected chi connectivity index (χ4v) is 0.937. The predicted octanol–water partition coefficient (Wildman–Crippen LogP) is -0.291. The lowest BCUT2D eigenvalue weighted by atomic mass is 10.8. The minimum absolute atomic E-state index is 0.233. The van der Waals surface area contributed by atoms with E-state index in [1.165, 1.54) is 4.90 Å². The third-order valence-electron chi connectivity index (χ3n) is 1.09. The molecular formula is C4H7N5OS. The summed E-state index contributed by atoms with van der Waals surface area (Å²) >= 11 is 1.07. The maximum atomic E-state index is 10.9. The molecule has 2 amide bonds. The Labute approximate surface area is 67.4 Å². The van der Waals surface area contributed by atoms with E-state index in [1.54, 1.807) is 14.1 Å². The molecule has 1 N–H and O–H groups in total. The first-order chi connectivity index (χ1) is 5.25. The Hall–Kier alpha value is -1.24. The summed E-state index contributed by atoms with van der Waals surface area (Å²) in [4.78, 5) is 12.3. The van der Waals surface area contributed by atoms with Crippen molar-refractivity contribution >= 4 is 22.7 Å². The molecular weight excluding hydrogens is 166 g/mol. The molecule has 6 nitrogen and oxygen atoms in total. The molecule has 0 aliphatic heterocycles. The van der Waals surface area contributed by atoms with Crippen LogP contribution in [0.15, 0.2) is 0 Å². The number of anilines is 1. The minimum atomic E-state index is -0.233. The number of nitrogens with one attached hydrogen (secondary N) is 1. The summed E-state index contributed by atoms with van der Waals surface area (Å²) in [6, 6.07) is -0.233. The summed E-state index contributed by atoms with van der Waals surface area (Å²) in [6.45, 7) is 0. The van der Waals surface area contributed by atoms with Crippen molar-refractivity contribution in [2.45, 2.75) is 0 Å². The standard InChI is InChI=1S/C4H7N5OS/c1-5-3(10)9(2)4-6-7-8-11-4/h1-2H3,(H,5,10). The van der Waals surface area contributed by atoms with Crippen molar-refractivity contribution in [3.8, 4) is 0 Å². The smallest absolute Gasteiger partial charge is 0.323 e. The normalized spacial score (nSPS) is 9.27. The Morgan fingerprint density at radius 2 is 2.45 bits per heavy atom. The van der Waals surface area contributed by atoms with Gasteiger partial charge in [-0.1, -0.05) is 9.59 Å². The van der Waals surface area contributed by atoms with Crippen LogP contribution in [0.4, 0.5) is 9.93 Å². The fraction of sp³-hybridized carbons (Fsp3) is 0.500. The van der Waals surface area contributed by atoms with Gasteiger partial charge in [-0.25, -0.2) is 4.79 Å². The predicted molar refractivity (Wildman–Crippen MR) is 40.6 cm³/mol. The number of carbonyl (C=O) groups is 1. The number of hydrogen-bond acceptors (Lipinski definition) is 5. The Balaban J connectivity index is 2.70. The van der Waals surface area contributed by atoms with Gasteiger partial charge in [0.05, 0.1) is 0 Å². The molecule has 1 heterocycles. The first-order valence-electron chi connectivity index (χ1n) is 2.86. The van der Waals surface area contributed by atoms with Crippen LogP contribution in [0.25, 0.3) is 0 Å². The zero-order chi connectivity index (χ0) is 8.27. The molecule has 11 heavy (non-hydrogen) atoms. The van der Waals surface area contributed by atoms with Gasteiger partial charge in [0.1, 0.15) is 0 Å². The molecule has 0 aliphatic carbocycles. The zero-order valence-corrected chi connectivity index (χ0v) is 6.92. The Kier molecular flexibility index (Phi) is 2.32. The third-order valence-corrected chi connectivity index (χ3v) is 1.77. The van der Waals surface area contributed by atoms with E-state index in [4.69, 9.17) is 0 Å². The molecule has 7 heteroatoms. The summed E-state index contributed by atoms with van der Waals surface area (Å²) in [7, 11) is 3.15. The molecule has 0 saturated heterocycles. The van der Waals surface area contributed by atoms with Gasteiger partial charge in [0.2, 0.25) is 5.13 Å². The van der Waals surface area contributed by atoms with Crippen LogP contribution in [-0.2, 0) is 0 Å². The molecule has 1 aromatic heterocycles. The van der Waals surface area contributed by atoms with Crippen molar-refractivity contribution in [3.63, 3.8) is 0 Å². The molecule has 0 fully saturated rings. The van der Waals surface area contributed by atoms with Gasteiger partial charge in [0.15, 0.2) is 0 Å². The zero-order valence-electron chi connectivity index (χ0n) is 6.11. The maximum absolute atomic E-state index is 10.9. The van der Waals surface area contributed by atoms with Crippen molar-refractivity contribution in [1.82, 2.24) is 20.1 Å². The lowest BCUT2D eigenvalue weighted by molar-refractivity contribution is 0.249. The number of aromatic nitrogens is 3. The van der Waals surface area contributed by atoms with Gasteiger partial charge in [-0.3, -0.25) is 4.90 Å². The SMILES string of the molecule is CNC(=O)N(C)c1nnns1. The summed E-state index contributed by atoms with van der Waals surface area (Å²) in [5.74, 6) is 0. The number of urea groups is 1. The van der Waals surface area contributed by atoms with E-state index in [0.717, 1.165) is 11.5 Å². The maximum Gasteiger partial charge on any atom is 0.323 e. The number of nitrogens with zero attached hydrogens (tertiary/aromatic N) is 4. The van der Waals surface area contributed by atoms with Crippen LogP contribution in [0.3, 0.4) is 0 Å². The van der Waals surface area contributed by atoms with Crippen LogP contribution in [0.5, 0.6) is 0 Å². The van der Waals surface area contributed by atoms with Crippen molar-refractivity contribution in [2.75, 3.05) is 19.0 Å². The Morgan fingerprint density at radius 3 is 2.91 bits per heavy atom. The molecule has 0 radical (unpaired) electrons. The number of rotatable bonds is 1. The van der Waals surface area contributed by atoms with Crippen LogP contribution in [0.1, 0.15) is 0 Å². The average molecular weight is 173 g/mol. The first kappa shape index (κ1) is 7.86. The van der Waals surface area contributed by atoms with E-state index < -0.39 is 0 Å². The van der Waals surface area contributed by atoms with Crippen molar-refractivity contribution in [3.05, 3.63) is 0 Å². The molecule has 0 unspecified atom stereocenters. The van der Waals surface area contributed by atoms with Crippen LogP contribution < -0.4 is 10.2 Å². The summed E-state index contributed by atoms with van der Waals surface area (Å²) in [6.07, 6.45) is 0. The highest BCUT2D eigenvalue weighted by atomic mass is 32.1. The molecule has 0 spiro atoms. The van der Waals surface area contributed by atoms with Crippen LogP contribution in [-0.4, -0.2) is 34.9 Å². The van der Waals surface area contributed by atoms with Gasteiger partial charge in [0, 0.05) is 25.6 Å². The lowest BCUT2D eigenvalue weighted by Gasteiger charge is -2.10. The topological polar surface area (TPSA) is 71.0 Å². The van der Waals surface area contributed by atoms with E-state index in [0.29, 0.717) is 5.13 Å². The second-order valence-corrected chi connectivity index (χ2v) is 2.47. The quantitative estimate of drug-likeness (QED) is 0.633. The molecule has 60 valence electrons. The monoisotopic (exact) mass is 173 g/mol. The van der Waals surface area contributed by atoms with Crippen molar-refractivity contribution < 1.29 is 4.79 Å². The average Bonchev–Trinajstić information content (AvgIpc) is 2.53. The molecule has 0 bridgehead atoms. The highest BCUT2D eigenvalue weighted by Gasteiger charge is 2.11. The number of carbonyl (C=O) groups excluding carboxylic acids is 1. The van der Waals surface area contributed by atoms with E-state index in [2.05, 4.69) is 20.1 Å². The molecule has 0 aromatic carbocycles. The number of amides is 2. The highest BCUT2D eigenvalue weighted by molar-refractivity contribution is 7.09.